The summed E-state index contributed by atoms with van der Waals surface area (Å²) in [5.74, 6) is -0.388. The maximum atomic E-state index is 14.1. The van der Waals surface area contributed by atoms with E-state index >= 15 is 0 Å². The molecular weight excluding hydrogens is 341 g/mol. The maximum absolute atomic E-state index is 14.1. The molecule has 2 aromatic rings. The first kappa shape index (κ1) is 18.7. The van der Waals surface area contributed by atoms with E-state index in [1.165, 1.54) is 0 Å². The number of benzene rings is 2. The fourth-order valence-electron chi connectivity index (χ4n) is 3.56. The van der Waals surface area contributed by atoms with Gasteiger partial charge in [0, 0.05) is 6.54 Å². The van der Waals surface area contributed by atoms with E-state index in [4.69, 9.17) is 0 Å². The van der Waals surface area contributed by atoms with Crippen LogP contribution in [0.1, 0.15) is 44.4 Å². The number of fused-ring (bicyclic) bond motifs is 1. The average Bonchev–Trinajstić information content (AvgIpc) is 2.79. The molecule has 1 atom stereocenters. The molecule has 0 saturated carbocycles. The molecular formula is C20H23F3N2O. The Morgan fingerprint density at radius 1 is 1.23 bits per heavy atom. The number of alkyl halides is 3. The summed E-state index contributed by atoms with van der Waals surface area (Å²) in [6.07, 6.45) is -2.95. The van der Waals surface area contributed by atoms with Crippen LogP contribution in [0.2, 0.25) is 0 Å². The fourth-order valence-corrected chi connectivity index (χ4v) is 3.56. The first-order chi connectivity index (χ1) is 12.1. The maximum Gasteiger partial charge on any atom is 0.409 e. The monoisotopic (exact) mass is 364 g/mol. The van der Waals surface area contributed by atoms with Gasteiger partial charge in [0.15, 0.2) is 6.04 Å². The van der Waals surface area contributed by atoms with E-state index < -0.39 is 17.6 Å². The van der Waals surface area contributed by atoms with Crippen LogP contribution in [0.4, 0.5) is 13.2 Å². The Labute approximate surface area is 151 Å². The van der Waals surface area contributed by atoms with Crippen LogP contribution < -0.4 is 5.43 Å². The second-order valence-electron chi connectivity index (χ2n) is 7.55. The van der Waals surface area contributed by atoms with Gasteiger partial charge in [-0.3, -0.25) is 10.2 Å². The van der Waals surface area contributed by atoms with Gasteiger partial charge in [-0.2, -0.15) is 13.2 Å². The molecule has 3 nitrogen and oxygen atoms in total. The summed E-state index contributed by atoms with van der Waals surface area (Å²) in [6.45, 7) is 5.31. The molecule has 0 aliphatic carbocycles. The average molecular weight is 364 g/mol. The zero-order valence-electron chi connectivity index (χ0n) is 15.2. The highest BCUT2D eigenvalue weighted by Gasteiger charge is 2.51. The summed E-state index contributed by atoms with van der Waals surface area (Å²) in [6, 6.07) is 8.82. The normalized spacial score (nSPS) is 18.9. The zero-order valence-corrected chi connectivity index (χ0v) is 15.2. The van der Waals surface area contributed by atoms with E-state index in [0.29, 0.717) is 11.8 Å². The molecule has 6 heteroatoms. The Balaban J connectivity index is 2.17. The van der Waals surface area contributed by atoms with Gasteiger partial charge in [0.25, 0.3) is 0 Å². The van der Waals surface area contributed by atoms with Gasteiger partial charge in [0.2, 0.25) is 5.91 Å². The van der Waals surface area contributed by atoms with Gasteiger partial charge in [0.05, 0.1) is 5.41 Å². The molecule has 1 saturated heterocycles. The number of carbonyl (C=O) groups excluding carboxylic acids is 1. The molecule has 1 aliphatic heterocycles. The largest absolute Gasteiger partial charge is 0.409 e. The summed E-state index contributed by atoms with van der Waals surface area (Å²) in [5, 5.41) is 2.39. The number of aryl methyl sites for hydroxylation is 1. The van der Waals surface area contributed by atoms with Gasteiger partial charge < -0.3 is 0 Å². The molecule has 26 heavy (non-hydrogen) atoms. The van der Waals surface area contributed by atoms with Gasteiger partial charge in [-0.1, -0.05) is 49.7 Å². The highest BCUT2D eigenvalue weighted by Crippen LogP contribution is 2.43. The molecule has 1 unspecified atom stereocenters. The number of hydrogen-bond donors (Lipinski definition) is 1. The lowest BCUT2D eigenvalue weighted by molar-refractivity contribution is -0.191. The fraction of sp³-hybridized carbons (Fsp3) is 0.450. The van der Waals surface area contributed by atoms with Crippen molar-refractivity contribution in [2.75, 3.05) is 6.54 Å². The number of amides is 1. The predicted molar refractivity (Wildman–Crippen MR) is 95.4 cm³/mol. The van der Waals surface area contributed by atoms with E-state index in [0.717, 1.165) is 22.4 Å². The summed E-state index contributed by atoms with van der Waals surface area (Å²) >= 11 is 0. The third-order valence-electron chi connectivity index (χ3n) is 4.83. The van der Waals surface area contributed by atoms with Crippen molar-refractivity contribution in [2.24, 2.45) is 5.41 Å². The van der Waals surface area contributed by atoms with Crippen molar-refractivity contribution < 1.29 is 18.0 Å². The van der Waals surface area contributed by atoms with Gasteiger partial charge in [-0.25, -0.2) is 5.01 Å². The zero-order chi connectivity index (χ0) is 19.1. The van der Waals surface area contributed by atoms with Gasteiger partial charge in [-0.15, -0.1) is 0 Å². The van der Waals surface area contributed by atoms with Crippen molar-refractivity contribution in [2.45, 2.75) is 45.8 Å². The number of carbonyl (C=O) groups is 1. The Hall–Kier alpha value is -2.08. The number of rotatable bonds is 4. The van der Waals surface area contributed by atoms with Crippen LogP contribution in [-0.2, 0) is 11.2 Å². The number of nitrogens with one attached hydrogen (secondary N) is 1. The summed E-state index contributed by atoms with van der Waals surface area (Å²) in [4.78, 5) is 12.1. The molecule has 0 spiro atoms. The first-order valence-electron chi connectivity index (χ1n) is 8.79. The molecule has 1 aliphatic rings. The molecule has 0 bridgehead atoms. The minimum atomic E-state index is -4.51. The van der Waals surface area contributed by atoms with E-state index in [1.54, 1.807) is 32.0 Å². The van der Waals surface area contributed by atoms with E-state index in [9.17, 15) is 18.0 Å². The van der Waals surface area contributed by atoms with Gasteiger partial charge in [-0.05, 0) is 42.2 Å². The Morgan fingerprint density at radius 2 is 1.92 bits per heavy atom. The minimum Gasteiger partial charge on any atom is -0.287 e. The second kappa shape index (κ2) is 6.58. The quantitative estimate of drug-likeness (QED) is 0.848. The standard InChI is InChI=1S/C20H23F3N2O/c1-4-7-13-10-14-8-5-6-9-15(14)16(11-13)17(20(21,22)23)25-12-19(2,3)18(26)24-25/h5-6,8-11,17H,4,7,12H2,1-3H3,(H,24,26). The smallest absolute Gasteiger partial charge is 0.287 e. The molecule has 3 rings (SSSR count). The van der Waals surface area contributed by atoms with Crippen LogP contribution in [0.15, 0.2) is 36.4 Å². The minimum absolute atomic E-state index is 0.00232. The van der Waals surface area contributed by atoms with E-state index in [-0.39, 0.29) is 18.0 Å². The van der Waals surface area contributed by atoms with Gasteiger partial charge in [0.1, 0.15) is 0 Å². The Kier molecular flexibility index (Phi) is 4.73. The number of halogens is 3. The van der Waals surface area contributed by atoms with Gasteiger partial charge >= 0.3 is 6.18 Å². The highest BCUT2D eigenvalue weighted by atomic mass is 19.4. The number of nitrogens with zero attached hydrogens (tertiary/aromatic N) is 1. The third kappa shape index (κ3) is 3.43. The summed E-state index contributed by atoms with van der Waals surface area (Å²) < 4.78 is 42.3. The van der Waals surface area contributed by atoms with Crippen LogP contribution in [-0.4, -0.2) is 23.6 Å². The van der Waals surface area contributed by atoms with Crippen molar-refractivity contribution >= 4 is 16.7 Å². The predicted octanol–water partition coefficient (Wildman–Crippen LogP) is 4.77. The molecule has 0 aromatic heterocycles. The Morgan fingerprint density at radius 3 is 2.50 bits per heavy atom. The van der Waals surface area contributed by atoms with Crippen LogP contribution in [0.25, 0.3) is 10.8 Å². The van der Waals surface area contributed by atoms with Crippen LogP contribution in [0, 0.1) is 5.41 Å². The van der Waals surface area contributed by atoms with Crippen molar-refractivity contribution in [3.63, 3.8) is 0 Å². The second-order valence-corrected chi connectivity index (χ2v) is 7.55. The Bertz CT molecular complexity index is 829. The van der Waals surface area contributed by atoms with E-state index in [1.807, 2.05) is 25.1 Å². The van der Waals surface area contributed by atoms with Crippen molar-refractivity contribution in [1.29, 1.82) is 0 Å². The topological polar surface area (TPSA) is 32.3 Å². The summed E-state index contributed by atoms with van der Waals surface area (Å²) in [7, 11) is 0. The van der Waals surface area contributed by atoms with Crippen molar-refractivity contribution in [3.05, 3.63) is 47.5 Å². The SMILES string of the molecule is CCCc1cc(C(N2CC(C)(C)C(=O)N2)C(F)(F)F)c2ccccc2c1. The molecule has 140 valence electrons. The molecule has 1 fully saturated rings. The lowest BCUT2D eigenvalue weighted by Gasteiger charge is -2.31. The van der Waals surface area contributed by atoms with Crippen molar-refractivity contribution in [1.82, 2.24) is 10.4 Å². The molecule has 1 heterocycles. The van der Waals surface area contributed by atoms with Crippen LogP contribution >= 0.6 is 0 Å². The van der Waals surface area contributed by atoms with E-state index in [2.05, 4.69) is 5.43 Å². The van der Waals surface area contributed by atoms with Crippen molar-refractivity contribution in [3.8, 4) is 0 Å². The molecule has 2 aromatic carbocycles. The first-order valence-corrected chi connectivity index (χ1v) is 8.79. The number of hydrogen-bond acceptors (Lipinski definition) is 2. The lowest BCUT2D eigenvalue weighted by Crippen LogP contribution is -2.43. The number of hydrazine groups is 1. The lowest BCUT2D eigenvalue weighted by atomic mass is 9.91. The summed E-state index contributed by atoms with van der Waals surface area (Å²) in [5.41, 5.74) is 2.65. The highest BCUT2D eigenvalue weighted by molar-refractivity contribution is 5.87. The third-order valence-corrected chi connectivity index (χ3v) is 4.83. The van der Waals surface area contributed by atoms with Crippen LogP contribution in [0.3, 0.4) is 0 Å². The molecule has 1 N–H and O–H groups in total. The van der Waals surface area contributed by atoms with Crippen LogP contribution in [0.5, 0.6) is 0 Å². The molecule has 1 amide bonds. The molecule has 0 radical (unpaired) electrons.